The molecule has 0 saturated heterocycles. The topological polar surface area (TPSA) is 52.3 Å². The van der Waals surface area contributed by atoms with Gasteiger partial charge in [-0.05, 0) is 0 Å². The monoisotopic (exact) mass is 144 g/mol. The molecule has 0 aliphatic rings. The van der Waals surface area contributed by atoms with Crippen molar-refractivity contribution in [3.05, 3.63) is 6.42 Å². The van der Waals surface area contributed by atoms with Gasteiger partial charge in [0.25, 0.3) is 0 Å². The molecule has 1 radical (unpaired) electrons. The Morgan fingerprint density at radius 1 is 1.70 bits per heavy atom. The first-order chi connectivity index (χ1) is 4.50. The first-order valence-corrected chi connectivity index (χ1v) is 3.14. The van der Waals surface area contributed by atoms with Crippen LogP contribution in [0.1, 0.15) is 13.8 Å². The van der Waals surface area contributed by atoms with Crippen LogP contribution in [0.3, 0.4) is 0 Å². The van der Waals surface area contributed by atoms with Crippen LogP contribution in [0.15, 0.2) is 0 Å². The van der Waals surface area contributed by atoms with Gasteiger partial charge in [-0.2, -0.15) is 0 Å². The van der Waals surface area contributed by atoms with E-state index in [1.165, 1.54) is 0 Å². The zero-order valence-corrected chi connectivity index (χ0v) is 6.68. The summed E-state index contributed by atoms with van der Waals surface area (Å²) in [5, 5.41) is 0. The molecule has 0 aliphatic heterocycles. The fourth-order valence-corrected chi connectivity index (χ4v) is 0.392. The molecule has 59 valence electrons. The van der Waals surface area contributed by atoms with Crippen molar-refractivity contribution in [1.29, 1.82) is 0 Å². The van der Waals surface area contributed by atoms with Crippen LogP contribution in [0.2, 0.25) is 0 Å². The third-order valence-corrected chi connectivity index (χ3v) is 1.40. The summed E-state index contributed by atoms with van der Waals surface area (Å²) in [6.07, 6.45) is 1.75. The average molecular weight is 144 g/mol. The van der Waals surface area contributed by atoms with Crippen LogP contribution >= 0.6 is 0 Å². The van der Waals surface area contributed by atoms with Gasteiger partial charge in [0.05, 0.1) is 6.61 Å². The molecule has 2 N–H and O–H groups in total. The predicted molar refractivity (Wildman–Crippen MR) is 39.2 cm³/mol. The van der Waals surface area contributed by atoms with E-state index in [0.29, 0.717) is 6.61 Å². The van der Waals surface area contributed by atoms with Crippen LogP contribution < -0.4 is 5.73 Å². The second-order valence-electron chi connectivity index (χ2n) is 2.75. The Hall–Kier alpha value is -0.570. The SMILES string of the molecule is COC[CH]C(C)(C)C(N)=O. The highest BCUT2D eigenvalue weighted by atomic mass is 16.5. The van der Waals surface area contributed by atoms with Gasteiger partial charge in [0.2, 0.25) is 5.91 Å². The smallest absolute Gasteiger partial charge is 0.223 e. The van der Waals surface area contributed by atoms with E-state index in [-0.39, 0.29) is 5.91 Å². The van der Waals surface area contributed by atoms with E-state index in [0.717, 1.165) is 0 Å². The molecule has 0 unspecified atom stereocenters. The molecule has 0 aromatic carbocycles. The maximum atomic E-state index is 10.7. The van der Waals surface area contributed by atoms with E-state index in [2.05, 4.69) is 0 Å². The third-order valence-electron chi connectivity index (χ3n) is 1.40. The van der Waals surface area contributed by atoms with E-state index in [1.807, 2.05) is 0 Å². The summed E-state index contributed by atoms with van der Waals surface area (Å²) in [5.74, 6) is -0.329. The minimum atomic E-state index is -0.560. The van der Waals surface area contributed by atoms with E-state index in [9.17, 15) is 4.79 Å². The fraction of sp³-hybridized carbons (Fsp3) is 0.714. The number of methoxy groups -OCH3 is 1. The van der Waals surface area contributed by atoms with Crippen molar-refractivity contribution in [3.63, 3.8) is 0 Å². The van der Waals surface area contributed by atoms with E-state index < -0.39 is 5.41 Å². The fourth-order valence-electron chi connectivity index (χ4n) is 0.392. The van der Waals surface area contributed by atoms with Gasteiger partial charge in [-0.3, -0.25) is 4.79 Å². The number of rotatable bonds is 4. The molecule has 0 spiro atoms. The molecule has 0 fully saturated rings. The van der Waals surface area contributed by atoms with Gasteiger partial charge in [0.1, 0.15) is 0 Å². The first kappa shape index (κ1) is 9.43. The molecule has 0 aliphatic carbocycles. The van der Waals surface area contributed by atoms with Crippen LogP contribution in [-0.2, 0) is 9.53 Å². The minimum absolute atomic E-state index is 0.329. The minimum Gasteiger partial charge on any atom is -0.384 e. The Bertz CT molecular complexity index is 121. The second kappa shape index (κ2) is 3.56. The summed E-state index contributed by atoms with van der Waals surface area (Å²) in [6, 6.07) is 0. The number of amides is 1. The van der Waals surface area contributed by atoms with Crippen molar-refractivity contribution >= 4 is 5.91 Å². The largest absolute Gasteiger partial charge is 0.384 e. The molecule has 0 aromatic heterocycles. The average Bonchev–Trinajstić information content (AvgIpc) is 1.84. The van der Waals surface area contributed by atoms with Crippen molar-refractivity contribution in [1.82, 2.24) is 0 Å². The lowest BCUT2D eigenvalue weighted by Gasteiger charge is -2.18. The Morgan fingerprint density at radius 3 is 2.50 bits per heavy atom. The van der Waals surface area contributed by atoms with Crippen LogP contribution in [0, 0.1) is 11.8 Å². The third kappa shape index (κ3) is 2.82. The van der Waals surface area contributed by atoms with Crippen molar-refractivity contribution < 1.29 is 9.53 Å². The van der Waals surface area contributed by atoms with Crippen molar-refractivity contribution in [3.8, 4) is 0 Å². The Balaban J connectivity index is 3.75. The summed E-state index contributed by atoms with van der Waals surface area (Å²) in [6.45, 7) is 3.97. The summed E-state index contributed by atoms with van der Waals surface area (Å²) >= 11 is 0. The van der Waals surface area contributed by atoms with Gasteiger partial charge < -0.3 is 10.5 Å². The van der Waals surface area contributed by atoms with Crippen molar-refractivity contribution in [2.45, 2.75) is 13.8 Å². The number of hydrogen-bond acceptors (Lipinski definition) is 2. The highest BCUT2D eigenvalue weighted by Crippen LogP contribution is 2.17. The summed E-state index contributed by atoms with van der Waals surface area (Å²) in [4.78, 5) is 10.7. The molecule has 0 bridgehead atoms. The lowest BCUT2D eigenvalue weighted by Crippen LogP contribution is -2.32. The first-order valence-electron chi connectivity index (χ1n) is 3.14. The van der Waals surface area contributed by atoms with E-state index >= 15 is 0 Å². The molecule has 0 atom stereocenters. The zero-order chi connectivity index (χ0) is 8.20. The Kier molecular flexibility index (Phi) is 3.36. The maximum Gasteiger partial charge on any atom is 0.223 e. The van der Waals surface area contributed by atoms with Gasteiger partial charge in [-0.15, -0.1) is 0 Å². The van der Waals surface area contributed by atoms with Crippen LogP contribution in [0.5, 0.6) is 0 Å². The highest BCUT2D eigenvalue weighted by molar-refractivity contribution is 5.81. The molecule has 0 heterocycles. The molecule has 1 amide bonds. The lowest BCUT2D eigenvalue weighted by atomic mass is 9.89. The van der Waals surface area contributed by atoms with Gasteiger partial charge in [-0.1, -0.05) is 13.8 Å². The van der Waals surface area contributed by atoms with Gasteiger partial charge in [-0.25, -0.2) is 0 Å². The van der Waals surface area contributed by atoms with Crippen LogP contribution in [0.25, 0.3) is 0 Å². The van der Waals surface area contributed by atoms with Crippen molar-refractivity contribution in [2.24, 2.45) is 11.1 Å². The predicted octanol–water partition coefficient (Wildman–Crippen LogP) is 0.349. The normalized spacial score (nSPS) is 11.5. The van der Waals surface area contributed by atoms with E-state index in [1.54, 1.807) is 27.4 Å². The number of ether oxygens (including phenoxy) is 1. The van der Waals surface area contributed by atoms with E-state index in [4.69, 9.17) is 10.5 Å². The summed E-state index contributed by atoms with van der Waals surface area (Å²) in [7, 11) is 1.58. The number of carbonyl (C=O) groups is 1. The molecular formula is C7H14NO2. The molecule has 0 rings (SSSR count). The van der Waals surface area contributed by atoms with Gasteiger partial charge in [0.15, 0.2) is 0 Å². The molecule has 3 heteroatoms. The van der Waals surface area contributed by atoms with Crippen molar-refractivity contribution in [2.75, 3.05) is 13.7 Å². The lowest BCUT2D eigenvalue weighted by molar-refractivity contribution is -0.124. The Morgan fingerprint density at radius 2 is 2.20 bits per heavy atom. The molecular weight excluding hydrogens is 130 g/mol. The molecule has 0 aromatic rings. The standard InChI is InChI=1S/C7H14NO2/c1-7(2,6(8)9)4-5-10-3/h4H,5H2,1-3H3,(H2,8,9). The highest BCUT2D eigenvalue weighted by Gasteiger charge is 2.24. The second-order valence-corrected chi connectivity index (χ2v) is 2.75. The number of hydrogen-bond donors (Lipinski definition) is 1. The molecule has 0 saturated carbocycles. The van der Waals surface area contributed by atoms with Gasteiger partial charge in [0, 0.05) is 18.9 Å². The number of primary amides is 1. The van der Waals surface area contributed by atoms with Gasteiger partial charge >= 0.3 is 0 Å². The Labute approximate surface area is 61.5 Å². The number of carbonyl (C=O) groups excluding carboxylic acids is 1. The summed E-state index contributed by atoms with van der Waals surface area (Å²) in [5.41, 5.74) is 4.53. The molecule has 3 nitrogen and oxygen atoms in total. The quantitative estimate of drug-likeness (QED) is 0.619. The summed E-state index contributed by atoms with van der Waals surface area (Å²) < 4.78 is 4.76. The maximum absolute atomic E-state index is 10.7. The van der Waals surface area contributed by atoms with Crippen LogP contribution in [-0.4, -0.2) is 19.6 Å². The zero-order valence-electron chi connectivity index (χ0n) is 6.68. The number of nitrogens with two attached hydrogens (primary N) is 1. The van der Waals surface area contributed by atoms with Crippen LogP contribution in [0.4, 0.5) is 0 Å². The molecule has 10 heavy (non-hydrogen) atoms.